The first kappa shape index (κ1) is 26.4. The van der Waals surface area contributed by atoms with Crippen LogP contribution in [0.5, 0.6) is 0 Å². The number of oxazole rings is 1. The second kappa shape index (κ2) is 11.6. The molecule has 5 rings (SSSR count). The number of rotatable bonds is 9. The molecule has 1 aromatic heterocycles. The van der Waals surface area contributed by atoms with E-state index in [4.69, 9.17) is 4.42 Å². The van der Waals surface area contributed by atoms with E-state index in [0.29, 0.717) is 30.0 Å². The van der Waals surface area contributed by atoms with Crippen molar-refractivity contribution in [1.29, 1.82) is 0 Å². The predicted molar refractivity (Wildman–Crippen MR) is 146 cm³/mol. The van der Waals surface area contributed by atoms with Crippen LogP contribution in [-0.4, -0.2) is 39.3 Å². The van der Waals surface area contributed by atoms with Crippen molar-refractivity contribution in [2.75, 3.05) is 6.54 Å². The summed E-state index contributed by atoms with van der Waals surface area (Å²) in [6.45, 7) is 4.43. The van der Waals surface area contributed by atoms with Crippen LogP contribution in [0.4, 0.5) is 0 Å². The number of hydrogen-bond donors (Lipinski definition) is 1. The van der Waals surface area contributed by atoms with Crippen molar-refractivity contribution in [3.05, 3.63) is 88.6 Å². The SMILES string of the molecule is Cc1cc(C(=O)C[C@@H](Cc2ccccc2)[C@H](O)C2CCCC2)cc(C(=O)N2CCC[C@@H]2c2nc(C)co2)c1. The van der Waals surface area contributed by atoms with E-state index in [1.165, 1.54) is 0 Å². The molecule has 2 heterocycles. The van der Waals surface area contributed by atoms with E-state index in [1.807, 2.05) is 49.1 Å². The lowest BCUT2D eigenvalue weighted by atomic mass is 9.81. The predicted octanol–water partition coefficient (Wildman–Crippen LogP) is 6.25. The van der Waals surface area contributed by atoms with Gasteiger partial charge in [0.15, 0.2) is 5.78 Å². The van der Waals surface area contributed by atoms with Crippen LogP contribution in [0.15, 0.2) is 59.2 Å². The molecule has 2 aliphatic rings. The molecule has 1 saturated heterocycles. The average molecular weight is 515 g/mol. The molecule has 6 heteroatoms. The molecule has 2 fully saturated rings. The van der Waals surface area contributed by atoms with Crippen molar-refractivity contribution in [3.8, 4) is 0 Å². The highest BCUT2D eigenvalue weighted by molar-refractivity contribution is 6.01. The molecule has 6 nitrogen and oxygen atoms in total. The first-order valence-corrected chi connectivity index (χ1v) is 14.0. The Morgan fingerprint density at radius 1 is 1.03 bits per heavy atom. The van der Waals surface area contributed by atoms with E-state index < -0.39 is 6.10 Å². The van der Waals surface area contributed by atoms with Crippen LogP contribution in [0.25, 0.3) is 0 Å². The summed E-state index contributed by atoms with van der Waals surface area (Å²) in [5.74, 6) is 0.526. The molecule has 200 valence electrons. The number of carbonyl (C=O) groups is 2. The van der Waals surface area contributed by atoms with Crippen molar-refractivity contribution in [1.82, 2.24) is 9.88 Å². The Labute approximate surface area is 225 Å². The summed E-state index contributed by atoms with van der Waals surface area (Å²) in [5, 5.41) is 11.3. The molecule has 1 saturated carbocycles. The number of likely N-dealkylation sites (tertiary alicyclic amines) is 1. The Balaban J connectivity index is 1.36. The molecule has 3 atom stereocenters. The number of Topliss-reactive ketones (excluding diaryl/α,β-unsaturated/α-hetero) is 1. The number of aliphatic hydroxyl groups excluding tert-OH is 1. The van der Waals surface area contributed by atoms with E-state index in [9.17, 15) is 14.7 Å². The Morgan fingerprint density at radius 3 is 2.47 bits per heavy atom. The van der Waals surface area contributed by atoms with Crippen LogP contribution in [0.2, 0.25) is 0 Å². The minimum absolute atomic E-state index is 0.0259. The Hall–Kier alpha value is -3.25. The van der Waals surface area contributed by atoms with Gasteiger partial charge in [0.25, 0.3) is 5.91 Å². The number of carbonyl (C=O) groups excluding carboxylic acids is 2. The maximum atomic E-state index is 13.6. The van der Waals surface area contributed by atoms with E-state index in [1.54, 1.807) is 12.3 Å². The van der Waals surface area contributed by atoms with Gasteiger partial charge in [-0.15, -0.1) is 0 Å². The van der Waals surface area contributed by atoms with Crippen molar-refractivity contribution in [2.24, 2.45) is 11.8 Å². The first-order valence-electron chi connectivity index (χ1n) is 14.0. The van der Waals surface area contributed by atoms with Crippen molar-refractivity contribution in [2.45, 2.75) is 77.4 Å². The summed E-state index contributed by atoms with van der Waals surface area (Å²) in [6.07, 6.45) is 8.03. The summed E-state index contributed by atoms with van der Waals surface area (Å²) < 4.78 is 5.62. The van der Waals surface area contributed by atoms with Crippen LogP contribution in [-0.2, 0) is 6.42 Å². The lowest BCUT2D eigenvalue weighted by Crippen LogP contribution is -2.32. The summed E-state index contributed by atoms with van der Waals surface area (Å²) in [7, 11) is 0. The lowest BCUT2D eigenvalue weighted by Gasteiger charge is -2.27. The van der Waals surface area contributed by atoms with Gasteiger partial charge < -0.3 is 14.4 Å². The van der Waals surface area contributed by atoms with Gasteiger partial charge >= 0.3 is 0 Å². The van der Waals surface area contributed by atoms with Crippen LogP contribution in [0.1, 0.15) is 94.4 Å². The van der Waals surface area contributed by atoms with Gasteiger partial charge in [-0.1, -0.05) is 43.2 Å². The number of ketones is 1. The molecule has 1 N–H and O–H groups in total. The van der Waals surface area contributed by atoms with Crippen LogP contribution < -0.4 is 0 Å². The fourth-order valence-corrected chi connectivity index (χ4v) is 6.30. The van der Waals surface area contributed by atoms with Crippen LogP contribution in [0, 0.1) is 25.7 Å². The van der Waals surface area contributed by atoms with E-state index in [0.717, 1.165) is 55.3 Å². The smallest absolute Gasteiger partial charge is 0.254 e. The Morgan fingerprint density at radius 2 is 1.76 bits per heavy atom. The van der Waals surface area contributed by atoms with Crippen molar-refractivity contribution >= 4 is 11.7 Å². The molecule has 0 bridgehead atoms. The second-order valence-electron chi connectivity index (χ2n) is 11.2. The Kier molecular flexibility index (Phi) is 8.08. The minimum atomic E-state index is -0.512. The minimum Gasteiger partial charge on any atom is -0.446 e. The largest absolute Gasteiger partial charge is 0.446 e. The third-order valence-electron chi connectivity index (χ3n) is 8.24. The molecule has 1 aliphatic carbocycles. The molecular weight excluding hydrogens is 476 g/mol. The van der Waals surface area contributed by atoms with Gasteiger partial charge in [-0.05, 0) is 87.1 Å². The number of aliphatic hydroxyl groups is 1. The van der Waals surface area contributed by atoms with Crippen molar-refractivity contribution < 1.29 is 19.1 Å². The Bertz CT molecular complexity index is 1260. The monoisotopic (exact) mass is 514 g/mol. The van der Waals surface area contributed by atoms with E-state index >= 15 is 0 Å². The normalized spacial score (nSPS) is 19.6. The van der Waals surface area contributed by atoms with Gasteiger partial charge in [0.05, 0.1) is 11.8 Å². The highest BCUT2D eigenvalue weighted by atomic mass is 16.3. The third-order valence-corrected chi connectivity index (χ3v) is 8.24. The van der Waals surface area contributed by atoms with E-state index in [2.05, 4.69) is 17.1 Å². The number of nitrogens with zero attached hydrogens (tertiary/aromatic N) is 2. The van der Waals surface area contributed by atoms with Crippen LogP contribution >= 0.6 is 0 Å². The quantitative estimate of drug-likeness (QED) is 0.341. The second-order valence-corrected chi connectivity index (χ2v) is 11.2. The summed E-state index contributed by atoms with van der Waals surface area (Å²) in [5.41, 5.74) is 3.85. The zero-order chi connectivity index (χ0) is 26.6. The highest BCUT2D eigenvalue weighted by Crippen LogP contribution is 2.35. The first-order chi connectivity index (χ1) is 18.4. The topological polar surface area (TPSA) is 83.6 Å². The molecule has 0 spiro atoms. The van der Waals surface area contributed by atoms with Gasteiger partial charge in [-0.25, -0.2) is 4.98 Å². The molecule has 1 amide bonds. The number of benzene rings is 2. The molecule has 0 unspecified atom stereocenters. The number of aryl methyl sites for hydroxylation is 2. The van der Waals surface area contributed by atoms with Gasteiger partial charge in [0.2, 0.25) is 5.89 Å². The van der Waals surface area contributed by atoms with Gasteiger partial charge in [-0.3, -0.25) is 9.59 Å². The average Bonchev–Trinajstić information content (AvgIpc) is 3.69. The molecular formula is C32H38N2O4. The number of amides is 1. The van der Waals surface area contributed by atoms with Crippen molar-refractivity contribution in [3.63, 3.8) is 0 Å². The third kappa shape index (κ3) is 5.91. The number of hydrogen-bond acceptors (Lipinski definition) is 5. The van der Waals surface area contributed by atoms with E-state index in [-0.39, 0.29) is 36.0 Å². The molecule has 0 radical (unpaired) electrons. The summed E-state index contributed by atoms with van der Waals surface area (Å²) in [6, 6.07) is 15.4. The molecule has 3 aromatic rings. The fourth-order valence-electron chi connectivity index (χ4n) is 6.30. The van der Waals surface area contributed by atoms with Gasteiger partial charge in [-0.2, -0.15) is 0 Å². The number of aromatic nitrogens is 1. The zero-order valence-electron chi connectivity index (χ0n) is 22.4. The zero-order valence-corrected chi connectivity index (χ0v) is 22.4. The highest BCUT2D eigenvalue weighted by Gasteiger charge is 2.35. The fraction of sp³-hybridized carbons (Fsp3) is 0.469. The molecule has 2 aromatic carbocycles. The maximum Gasteiger partial charge on any atom is 0.254 e. The lowest BCUT2D eigenvalue weighted by molar-refractivity contribution is 0.0456. The summed E-state index contributed by atoms with van der Waals surface area (Å²) in [4.78, 5) is 33.5. The molecule has 1 aliphatic heterocycles. The molecule has 38 heavy (non-hydrogen) atoms. The summed E-state index contributed by atoms with van der Waals surface area (Å²) >= 11 is 0. The standard InChI is InChI=1S/C32H38N2O4/c1-21-15-25(18-27(16-21)32(37)34-14-8-13-28(34)31-33-22(2)20-38-31)29(35)19-26(17-23-9-4-3-5-10-23)30(36)24-11-6-7-12-24/h3-5,9-10,15-16,18,20,24,26,28,30,36H,6-8,11-14,17,19H2,1-2H3/t26-,28-,30-/m1/s1. The maximum absolute atomic E-state index is 13.6. The van der Waals surface area contributed by atoms with Gasteiger partial charge in [0, 0.05) is 24.1 Å². The van der Waals surface area contributed by atoms with Crippen LogP contribution in [0.3, 0.4) is 0 Å². The van der Waals surface area contributed by atoms with Gasteiger partial charge in [0.1, 0.15) is 12.3 Å².